The minimum Gasteiger partial charge on any atom is -0.378 e. The van der Waals surface area contributed by atoms with Crippen molar-refractivity contribution >= 4 is 31.3 Å². The van der Waals surface area contributed by atoms with Crippen molar-refractivity contribution in [2.24, 2.45) is 0 Å². The molecule has 0 aromatic carbocycles. The van der Waals surface area contributed by atoms with Gasteiger partial charge in [-0.05, 0) is 19.9 Å². The third kappa shape index (κ3) is 3.34. The second-order valence-electron chi connectivity index (χ2n) is 4.30. The van der Waals surface area contributed by atoms with Gasteiger partial charge in [-0.1, -0.05) is 11.6 Å². The van der Waals surface area contributed by atoms with Gasteiger partial charge in [0.05, 0.1) is 6.61 Å². The van der Waals surface area contributed by atoms with Gasteiger partial charge in [0.2, 0.25) is 0 Å². The van der Waals surface area contributed by atoms with Crippen LogP contribution in [0.3, 0.4) is 0 Å². The normalized spacial score (nSPS) is 11.9. The number of rotatable bonds is 4. The molecular formula is C11H12Cl2N4O3S. The zero-order chi connectivity index (χ0) is 15.8. The van der Waals surface area contributed by atoms with Crippen LogP contribution in [0.1, 0.15) is 17.1 Å². The van der Waals surface area contributed by atoms with Crippen LogP contribution < -0.4 is 0 Å². The molecule has 0 unspecified atom stereocenters. The van der Waals surface area contributed by atoms with Crippen molar-refractivity contribution in [3.05, 3.63) is 28.3 Å². The molecule has 2 aromatic heterocycles. The van der Waals surface area contributed by atoms with Gasteiger partial charge >= 0.3 is 0 Å². The van der Waals surface area contributed by atoms with Crippen LogP contribution in [0.5, 0.6) is 0 Å². The maximum atomic E-state index is 11.7. The molecule has 0 aliphatic carbocycles. The Hall–Kier alpha value is -1.22. The third-order valence-electron chi connectivity index (χ3n) is 2.54. The summed E-state index contributed by atoms with van der Waals surface area (Å²) in [5.74, 6) is 0.168. The summed E-state index contributed by atoms with van der Waals surface area (Å²) in [6.45, 7) is 3.51. The van der Waals surface area contributed by atoms with Gasteiger partial charge in [0.25, 0.3) is 15.0 Å². The van der Waals surface area contributed by atoms with Gasteiger partial charge in [0, 0.05) is 29.2 Å². The highest BCUT2D eigenvalue weighted by atomic mass is 35.7. The average Bonchev–Trinajstić information content (AvgIpc) is 2.65. The number of hydrogen-bond acceptors (Lipinski definition) is 6. The number of halogens is 2. The molecule has 114 valence electrons. The standard InChI is InChI=1S/C11H12Cl2N4O3S/c1-6-4-7(2)15-11(14-6)17-10(12)9(21(13,18)19)8(16-17)5-20-3/h4H,5H2,1-3H3. The van der Waals surface area contributed by atoms with Crippen molar-refractivity contribution in [2.45, 2.75) is 25.3 Å². The molecule has 0 N–H and O–H groups in total. The van der Waals surface area contributed by atoms with E-state index < -0.39 is 9.05 Å². The van der Waals surface area contributed by atoms with Crippen LogP contribution in [-0.4, -0.2) is 35.3 Å². The predicted molar refractivity (Wildman–Crippen MR) is 77.4 cm³/mol. The summed E-state index contributed by atoms with van der Waals surface area (Å²) < 4.78 is 29.4. The summed E-state index contributed by atoms with van der Waals surface area (Å²) in [6, 6.07) is 1.77. The zero-order valence-electron chi connectivity index (χ0n) is 11.5. The number of nitrogens with zero attached hydrogens (tertiary/aromatic N) is 4. The first-order chi connectivity index (χ1) is 9.74. The highest BCUT2D eigenvalue weighted by Gasteiger charge is 2.27. The van der Waals surface area contributed by atoms with E-state index in [2.05, 4.69) is 15.1 Å². The highest BCUT2D eigenvalue weighted by Crippen LogP contribution is 2.30. The molecular weight excluding hydrogens is 339 g/mol. The van der Waals surface area contributed by atoms with Crippen molar-refractivity contribution in [1.29, 1.82) is 0 Å². The Morgan fingerprint density at radius 3 is 2.33 bits per heavy atom. The van der Waals surface area contributed by atoms with Crippen LogP contribution in [0, 0.1) is 13.8 Å². The summed E-state index contributed by atoms with van der Waals surface area (Å²) in [7, 11) is 2.74. The molecule has 0 saturated carbocycles. The summed E-state index contributed by atoms with van der Waals surface area (Å²) in [4.78, 5) is 8.08. The smallest absolute Gasteiger partial charge is 0.266 e. The Bertz CT molecular complexity index is 769. The molecule has 0 bridgehead atoms. The van der Waals surface area contributed by atoms with Crippen molar-refractivity contribution in [2.75, 3.05) is 7.11 Å². The van der Waals surface area contributed by atoms with E-state index in [0.717, 1.165) is 4.68 Å². The lowest BCUT2D eigenvalue weighted by Gasteiger charge is -2.03. The first-order valence-corrected chi connectivity index (χ1v) is 8.46. The zero-order valence-corrected chi connectivity index (χ0v) is 13.8. The first kappa shape index (κ1) is 16.2. The molecule has 21 heavy (non-hydrogen) atoms. The largest absolute Gasteiger partial charge is 0.378 e. The quantitative estimate of drug-likeness (QED) is 0.783. The molecule has 0 aliphatic rings. The molecule has 0 radical (unpaired) electrons. The third-order valence-corrected chi connectivity index (χ3v) is 4.38. The molecule has 2 aromatic rings. The lowest BCUT2D eigenvalue weighted by atomic mass is 10.4. The molecule has 7 nitrogen and oxygen atoms in total. The summed E-state index contributed by atoms with van der Waals surface area (Å²) in [5.41, 5.74) is 1.50. The molecule has 2 heterocycles. The first-order valence-electron chi connectivity index (χ1n) is 5.77. The van der Waals surface area contributed by atoms with Crippen LogP contribution in [0.25, 0.3) is 5.95 Å². The number of aromatic nitrogens is 4. The molecule has 0 amide bonds. The molecule has 0 spiro atoms. The van der Waals surface area contributed by atoms with E-state index in [1.807, 2.05) is 0 Å². The van der Waals surface area contributed by atoms with Gasteiger partial charge in [-0.15, -0.1) is 0 Å². The van der Waals surface area contributed by atoms with Crippen molar-refractivity contribution in [3.8, 4) is 5.95 Å². The van der Waals surface area contributed by atoms with Gasteiger partial charge in [-0.25, -0.2) is 18.4 Å². The van der Waals surface area contributed by atoms with Crippen molar-refractivity contribution < 1.29 is 13.2 Å². The van der Waals surface area contributed by atoms with Crippen molar-refractivity contribution in [1.82, 2.24) is 19.7 Å². The summed E-state index contributed by atoms with van der Waals surface area (Å²) in [5, 5.41) is 3.91. The SMILES string of the molecule is COCc1nn(-c2nc(C)cc(C)n2)c(Cl)c1S(=O)(=O)Cl. The predicted octanol–water partition coefficient (Wildman–Crippen LogP) is 2.01. The van der Waals surface area contributed by atoms with E-state index in [0.29, 0.717) is 11.4 Å². The number of hydrogen-bond donors (Lipinski definition) is 0. The minimum atomic E-state index is -4.07. The van der Waals surface area contributed by atoms with Crippen LogP contribution >= 0.6 is 22.3 Å². The fourth-order valence-corrected chi connectivity index (χ4v) is 3.63. The maximum absolute atomic E-state index is 11.7. The second-order valence-corrected chi connectivity index (χ2v) is 7.16. The number of methoxy groups -OCH3 is 1. The Kier molecular flexibility index (Phi) is 4.52. The minimum absolute atomic E-state index is 0.0567. The molecule has 0 aliphatic heterocycles. The Balaban J connectivity index is 2.71. The number of aryl methyl sites for hydroxylation is 2. The number of ether oxygens (including phenoxy) is 1. The second kappa shape index (κ2) is 5.88. The van der Waals surface area contributed by atoms with Crippen LogP contribution in [0.15, 0.2) is 11.0 Å². The molecule has 0 fully saturated rings. The van der Waals surface area contributed by atoms with E-state index >= 15 is 0 Å². The topological polar surface area (TPSA) is 87.0 Å². The van der Waals surface area contributed by atoms with E-state index in [1.54, 1.807) is 19.9 Å². The fraction of sp³-hybridized carbons (Fsp3) is 0.364. The van der Waals surface area contributed by atoms with Crippen LogP contribution in [-0.2, 0) is 20.4 Å². The monoisotopic (exact) mass is 350 g/mol. The van der Waals surface area contributed by atoms with Gasteiger partial charge in [-0.3, -0.25) is 0 Å². The van der Waals surface area contributed by atoms with Gasteiger partial charge in [-0.2, -0.15) is 9.78 Å². The van der Waals surface area contributed by atoms with Crippen molar-refractivity contribution in [3.63, 3.8) is 0 Å². The van der Waals surface area contributed by atoms with Crippen LogP contribution in [0.4, 0.5) is 0 Å². The fourth-order valence-electron chi connectivity index (χ4n) is 1.83. The lowest BCUT2D eigenvalue weighted by Crippen LogP contribution is -2.06. The van der Waals surface area contributed by atoms with Gasteiger partial charge in [0.1, 0.15) is 10.6 Å². The summed E-state index contributed by atoms with van der Waals surface area (Å²) in [6.07, 6.45) is 0. The summed E-state index contributed by atoms with van der Waals surface area (Å²) >= 11 is 6.09. The molecule has 10 heteroatoms. The molecule has 2 rings (SSSR count). The molecule has 0 saturated heterocycles. The lowest BCUT2D eigenvalue weighted by molar-refractivity contribution is 0.179. The van der Waals surface area contributed by atoms with Crippen LogP contribution in [0.2, 0.25) is 5.15 Å². The highest BCUT2D eigenvalue weighted by molar-refractivity contribution is 8.13. The van der Waals surface area contributed by atoms with E-state index in [4.69, 9.17) is 27.0 Å². The van der Waals surface area contributed by atoms with Gasteiger partial charge in [0.15, 0.2) is 5.15 Å². The maximum Gasteiger partial charge on any atom is 0.266 e. The molecule has 0 atom stereocenters. The van der Waals surface area contributed by atoms with Gasteiger partial charge < -0.3 is 4.74 Å². The Labute approximate surface area is 131 Å². The van der Waals surface area contributed by atoms with E-state index in [-0.39, 0.29) is 28.3 Å². The van der Waals surface area contributed by atoms with E-state index in [1.165, 1.54) is 7.11 Å². The van der Waals surface area contributed by atoms with E-state index in [9.17, 15) is 8.42 Å². The Morgan fingerprint density at radius 2 is 1.86 bits per heavy atom. The average molecular weight is 351 g/mol. The Morgan fingerprint density at radius 1 is 1.29 bits per heavy atom.